The molecule has 0 saturated heterocycles. The molecular formula is C15H21NO4. The van der Waals surface area contributed by atoms with Crippen LogP contribution in [0.2, 0.25) is 0 Å². The highest BCUT2D eigenvalue weighted by molar-refractivity contribution is 5.77. The highest BCUT2D eigenvalue weighted by atomic mass is 16.5. The van der Waals surface area contributed by atoms with E-state index in [0.717, 1.165) is 5.56 Å². The predicted molar refractivity (Wildman–Crippen MR) is 75.9 cm³/mol. The first kappa shape index (κ1) is 16.0. The van der Waals surface area contributed by atoms with E-state index in [0.29, 0.717) is 24.6 Å². The Morgan fingerprint density at radius 3 is 2.75 bits per heavy atom. The van der Waals surface area contributed by atoms with E-state index in [4.69, 9.17) is 9.84 Å². The minimum atomic E-state index is -0.860. The third-order valence-corrected chi connectivity index (χ3v) is 2.78. The number of nitrogens with one attached hydrogen (secondary N) is 1. The molecule has 0 spiro atoms. The minimum absolute atomic E-state index is 0.0531. The molecule has 20 heavy (non-hydrogen) atoms. The van der Waals surface area contributed by atoms with E-state index in [-0.39, 0.29) is 18.9 Å². The van der Waals surface area contributed by atoms with Crippen molar-refractivity contribution < 1.29 is 19.4 Å². The summed E-state index contributed by atoms with van der Waals surface area (Å²) in [4.78, 5) is 21.8. The first-order valence-corrected chi connectivity index (χ1v) is 6.70. The molecule has 5 nitrogen and oxygen atoms in total. The highest BCUT2D eigenvalue weighted by Gasteiger charge is 2.05. The van der Waals surface area contributed by atoms with Gasteiger partial charge < -0.3 is 15.2 Å². The van der Waals surface area contributed by atoms with Crippen LogP contribution in [-0.4, -0.2) is 30.1 Å². The standard InChI is InChI=1S/C15H21NO4/c1-11(2)12-5-3-6-13(9-12)20-10-14(17)16-8-4-7-15(18)19/h3,5-6,9,11H,4,7-8,10H2,1-2H3,(H,16,17)(H,18,19). The lowest BCUT2D eigenvalue weighted by atomic mass is 10.0. The maximum absolute atomic E-state index is 11.5. The van der Waals surface area contributed by atoms with Crippen molar-refractivity contribution in [3.63, 3.8) is 0 Å². The number of carbonyl (C=O) groups excluding carboxylic acids is 1. The summed E-state index contributed by atoms with van der Waals surface area (Å²) in [5.74, 6) is -0.0355. The van der Waals surface area contributed by atoms with Crippen LogP contribution in [-0.2, 0) is 9.59 Å². The van der Waals surface area contributed by atoms with E-state index < -0.39 is 5.97 Å². The second kappa shape index (κ2) is 8.19. The lowest BCUT2D eigenvalue weighted by Crippen LogP contribution is -2.29. The van der Waals surface area contributed by atoms with Gasteiger partial charge in [0.1, 0.15) is 5.75 Å². The van der Waals surface area contributed by atoms with Gasteiger partial charge in [0.15, 0.2) is 6.61 Å². The van der Waals surface area contributed by atoms with E-state index in [2.05, 4.69) is 19.2 Å². The minimum Gasteiger partial charge on any atom is -0.484 e. The summed E-state index contributed by atoms with van der Waals surface area (Å²) in [5, 5.41) is 11.1. The lowest BCUT2D eigenvalue weighted by Gasteiger charge is -2.10. The molecule has 2 N–H and O–H groups in total. The molecule has 0 heterocycles. The van der Waals surface area contributed by atoms with Crippen LogP contribution < -0.4 is 10.1 Å². The van der Waals surface area contributed by atoms with Gasteiger partial charge >= 0.3 is 5.97 Å². The molecule has 110 valence electrons. The number of ether oxygens (including phenoxy) is 1. The Morgan fingerprint density at radius 2 is 2.10 bits per heavy atom. The molecule has 0 aromatic heterocycles. The molecule has 0 aliphatic carbocycles. The van der Waals surface area contributed by atoms with Gasteiger partial charge in [0.05, 0.1) is 0 Å². The first-order chi connectivity index (χ1) is 9.49. The zero-order valence-corrected chi connectivity index (χ0v) is 11.9. The van der Waals surface area contributed by atoms with Crippen molar-refractivity contribution in [1.29, 1.82) is 0 Å². The maximum Gasteiger partial charge on any atom is 0.303 e. The molecule has 1 rings (SSSR count). The molecule has 0 aliphatic heterocycles. The molecule has 0 unspecified atom stereocenters. The van der Waals surface area contributed by atoms with Crippen LogP contribution in [0.3, 0.4) is 0 Å². The van der Waals surface area contributed by atoms with Gasteiger partial charge in [-0.15, -0.1) is 0 Å². The summed E-state index contributed by atoms with van der Waals surface area (Å²) >= 11 is 0. The largest absolute Gasteiger partial charge is 0.484 e. The van der Waals surface area contributed by atoms with Crippen LogP contribution in [0.4, 0.5) is 0 Å². The van der Waals surface area contributed by atoms with Gasteiger partial charge in [0.2, 0.25) is 0 Å². The number of rotatable bonds is 8. The third-order valence-electron chi connectivity index (χ3n) is 2.78. The van der Waals surface area contributed by atoms with Crippen LogP contribution in [0, 0.1) is 0 Å². The van der Waals surface area contributed by atoms with E-state index >= 15 is 0 Å². The quantitative estimate of drug-likeness (QED) is 0.715. The Hall–Kier alpha value is -2.04. The molecule has 0 atom stereocenters. The van der Waals surface area contributed by atoms with Gasteiger partial charge in [-0.05, 0) is 30.0 Å². The Kier molecular flexibility index (Phi) is 6.56. The summed E-state index contributed by atoms with van der Waals surface area (Å²) < 4.78 is 5.41. The van der Waals surface area contributed by atoms with Crippen molar-refractivity contribution in [2.24, 2.45) is 0 Å². The zero-order valence-electron chi connectivity index (χ0n) is 11.9. The Labute approximate surface area is 118 Å². The first-order valence-electron chi connectivity index (χ1n) is 6.70. The summed E-state index contributed by atoms with van der Waals surface area (Å²) in [6.07, 6.45) is 0.474. The maximum atomic E-state index is 11.5. The SMILES string of the molecule is CC(C)c1cccc(OCC(=O)NCCCC(=O)O)c1. The third kappa shape index (κ3) is 6.22. The molecular weight excluding hydrogens is 258 g/mol. The highest BCUT2D eigenvalue weighted by Crippen LogP contribution is 2.19. The fourth-order valence-corrected chi connectivity index (χ4v) is 1.63. The number of carboxylic acid groups (broad SMARTS) is 1. The average molecular weight is 279 g/mol. The fraction of sp³-hybridized carbons (Fsp3) is 0.467. The monoisotopic (exact) mass is 279 g/mol. The number of benzene rings is 1. The molecule has 0 saturated carbocycles. The summed E-state index contributed by atoms with van der Waals surface area (Å²) in [7, 11) is 0. The van der Waals surface area contributed by atoms with E-state index in [1.165, 1.54) is 0 Å². The van der Waals surface area contributed by atoms with Crippen LogP contribution >= 0.6 is 0 Å². The number of hydrogen-bond donors (Lipinski definition) is 2. The van der Waals surface area contributed by atoms with Crippen molar-refractivity contribution >= 4 is 11.9 Å². The molecule has 1 aromatic carbocycles. The Bertz CT molecular complexity index is 457. The van der Waals surface area contributed by atoms with Crippen LogP contribution in [0.5, 0.6) is 5.75 Å². The van der Waals surface area contributed by atoms with Gasteiger partial charge in [0.25, 0.3) is 5.91 Å². The van der Waals surface area contributed by atoms with E-state index in [9.17, 15) is 9.59 Å². The van der Waals surface area contributed by atoms with Gasteiger partial charge in [-0.25, -0.2) is 0 Å². The van der Waals surface area contributed by atoms with Gasteiger partial charge in [-0.3, -0.25) is 9.59 Å². The van der Waals surface area contributed by atoms with Gasteiger partial charge in [0, 0.05) is 13.0 Å². The summed E-state index contributed by atoms with van der Waals surface area (Å²) in [5.41, 5.74) is 1.16. The van der Waals surface area contributed by atoms with Crippen molar-refractivity contribution in [2.45, 2.75) is 32.6 Å². The smallest absolute Gasteiger partial charge is 0.303 e. The van der Waals surface area contributed by atoms with Crippen LogP contribution in [0.1, 0.15) is 38.2 Å². The van der Waals surface area contributed by atoms with Crippen molar-refractivity contribution in [1.82, 2.24) is 5.32 Å². The second-order valence-electron chi connectivity index (χ2n) is 4.86. The number of carboxylic acids is 1. The number of carbonyl (C=O) groups is 2. The average Bonchev–Trinajstić information content (AvgIpc) is 2.41. The number of amides is 1. The van der Waals surface area contributed by atoms with E-state index in [1.54, 1.807) is 0 Å². The molecule has 5 heteroatoms. The predicted octanol–water partition coefficient (Wildman–Crippen LogP) is 2.17. The molecule has 0 radical (unpaired) electrons. The van der Waals surface area contributed by atoms with Crippen molar-refractivity contribution in [3.05, 3.63) is 29.8 Å². The molecule has 0 fully saturated rings. The fourth-order valence-electron chi connectivity index (χ4n) is 1.63. The summed E-state index contributed by atoms with van der Waals surface area (Å²) in [6, 6.07) is 7.64. The zero-order chi connectivity index (χ0) is 15.0. The van der Waals surface area contributed by atoms with Gasteiger partial charge in [-0.1, -0.05) is 26.0 Å². The Morgan fingerprint density at radius 1 is 1.35 bits per heavy atom. The van der Waals surface area contributed by atoms with Crippen molar-refractivity contribution in [2.75, 3.05) is 13.2 Å². The lowest BCUT2D eigenvalue weighted by molar-refractivity contribution is -0.137. The second-order valence-corrected chi connectivity index (χ2v) is 4.86. The normalized spacial score (nSPS) is 10.3. The summed E-state index contributed by atoms with van der Waals surface area (Å²) in [6.45, 7) is 4.47. The van der Waals surface area contributed by atoms with Crippen molar-refractivity contribution in [3.8, 4) is 5.75 Å². The molecule has 1 aromatic rings. The Balaban J connectivity index is 2.30. The van der Waals surface area contributed by atoms with Gasteiger partial charge in [-0.2, -0.15) is 0 Å². The molecule has 0 aliphatic rings. The van der Waals surface area contributed by atoms with Crippen LogP contribution in [0.15, 0.2) is 24.3 Å². The topological polar surface area (TPSA) is 75.6 Å². The van der Waals surface area contributed by atoms with Crippen LogP contribution in [0.25, 0.3) is 0 Å². The number of hydrogen-bond acceptors (Lipinski definition) is 3. The molecule has 1 amide bonds. The van der Waals surface area contributed by atoms with E-state index in [1.807, 2.05) is 24.3 Å². The number of aliphatic carboxylic acids is 1. The molecule has 0 bridgehead atoms.